The molecule has 8 aromatic rings. The molecule has 0 radical (unpaired) electrons. The summed E-state index contributed by atoms with van der Waals surface area (Å²) in [6.45, 7) is 0. The van der Waals surface area contributed by atoms with Crippen LogP contribution in [0.4, 0.5) is 17.1 Å². The first-order chi connectivity index (χ1) is 37.6. The molecule has 0 atom stereocenters. The number of methoxy groups -OCH3 is 1. The van der Waals surface area contributed by atoms with Gasteiger partial charge >= 0.3 is 17.9 Å². The maximum absolute atomic E-state index is 12.5. The smallest absolute Gasteiger partial charge is 0.335 e. The second kappa shape index (κ2) is 28.0. The quantitative estimate of drug-likeness (QED) is 0.0369. The Labute approximate surface area is 460 Å². The SMILES string of the molecule is COc1ccc(S(=O)(=O)Nc2ccc(CCc3cccc(C(=O)O)c3)cc2)cc1.CS(=O)(=O)Nc1ccc(CCc2cccc(C(=O)O)c2)cc1.O=C(O)c1cccc(CCc2ccc(NS(=O)(=O)Cc3ccccc3)cc2)c1. The van der Waals surface area contributed by atoms with Gasteiger partial charge in [0.2, 0.25) is 20.0 Å². The van der Waals surface area contributed by atoms with Crippen molar-refractivity contribution in [3.05, 3.63) is 256 Å². The van der Waals surface area contributed by atoms with Crippen LogP contribution in [0.2, 0.25) is 0 Å². The first-order valence-corrected chi connectivity index (χ1v) is 29.6. The summed E-state index contributed by atoms with van der Waals surface area (Å²) in [5, 5.41) is 27.1. The molecule has 16 nitrogen and oxygen atoms in total. The zero-order valence-electron chi connectivity index (χ0n) is 43.2. The number of aromatic carboxylic acids is 3. The van der Waals surface area contributed by atoms with Crippen LogP contribution in [0, 0.1) is 0 Å². The number of aryl methyl sites for hydroxylation is 6. The third-order valence-electron chi connectivity index (χ3n) is 11.9. The van der Waals surface area contributed by atoms with E-state index in [0.717, 1.165) is 64.5 Å². The molecular weight excluding hydrogens is 1070 g/mol. The molecule has 6 N–H and O–H groups in total. The lowest BCUT2D eigenvalue weighted by Crippen LogP contribution is -2.15. The van der Waals surface area contributed by atoms with Gasteiger partial charge < -0.3 is 20.1 Å². The van der Waals surface area contributed by atoms with Gasteiger partial charge in [-0.2, -0.15) is 0 Å². The molecular formula is C60H59N3O13S3. The molecule has 0 spiro atoms. The molecule has 0 amide bonds. The average Bonchev–Trinajstić information content (AvgIpc) is 3.43. The second-order valence-electron chi connectivity index (χ2n) is 18.1. The minimum atomic E-state index is -3.68. The lowest BCUT2D eigenvalue weighted by molar-refractivity contribution is 0.0686. The highest BCUT2D eigenvalue weighted by Crippen LogP contribution is 2.22. The molecule has 0 aliphatic rings. The van der Waals surface area contributed by atoms with E-state index in [1.54, 1.807) is 115 Å². The predicted molar refractivity (Wildman–Crippen MR) is 307 cm³/mol. The van der Waals surface area contributed by atoms with E-state index in [4.69, 9.17) is 20.1 Å². The van der Waals surface area contributed by atoms with E-state index in [-0.39, 0.29) is 27.3 Å². The summed E-state index contributed by atoms with van der Waals surface area (Å²) in [7, 11) is -8.90. The number of benzene rings is 8. The van der Waals surface area contributed by atoms with Gasteiger partial charge in [-0.1, -0.05) is 103 Å². The van der Waals surface area contributed by atoms with E-state index in [0.29, 0.717) is 42.1 Å². The van der Waals surface area contributed by atoms with Crippen molar-refractivity contribution in [2.24, 2.45) is 0 Å². The fraction of sp³-hybridized carbons (Fsp3) is 0.150. The number of hydrogen-bond donors (Lipinski definition) is 6. The van der Waals surface area contributed by atoms with Crippen LogP contribution in [0.3, 0.4) is 0 Å². The third-order valence-corrected chi connectivity index (χ3v) is 15.2. The maximum atomic E-state index is 12.5. The van der Waals surface area contributed by atoms with Gasteiger partial charge in [-0.15, -0.1) is 0 Å². The highest BCUT2D eigenvalue weighted by atomic mass is 32.2. The molecule has 410 valence electrons. The minimum absolute atomic E-state index is 0.0739. The number of carbonyl (C=O) groups is 3. The summed E-state index contributed by atoms with van der Waals surface area (Å²) in [5.74, 6) is -2.30. The Balaban J connectivity index is 0.000000193. The number of ether oxygens (including phenoxy) is 1. The van der Waals surface area contributed by atoms with Gasteiger partial charge in [0, 0.05) is 17.1 Å². The van der Waals surface area contributed by atoms with Crippen LogP contribution < -0.4 is 18.9 Å². The maximum Gasteiger partial charge on any atom is 0.335 e. The van der Waals surface area contributed by atoms with Crippen LogP contribution in [0.25, 0.3) is 0 Å². The molecule has 0 unspecified atom stereocenters. The lowest BCUT2D eigenvalue weighted by Gasteiger charge is -2.10. The van der Waals surface area contributed by atoms with Crippen molar-refractivity contribution >= 4 is 65.0 Å². The molecule has 0 aliphatic heterocycles. The van der Waals surface area contributed by atoms with E-state index >= 15 is 0 Å². The van der Waals surface area contributed by atoms with Crippen LogP contribution >= 0.6 is 0 Å². The highest BCUT2D eigenvalue weighted by Gasteiger charge is 2.15. The van der Waals surface area contributed by atoms with Gasteiger partial charge in [-0.05, 0) is 175 Å². The van der Waals surface area contributed by atoms with Crippen LogP contribution in [0.5, 0.6) is 5.75 Å². The van der Waals surface area contributed by atoms with Crippen molar-refractivity contribution in [3.63, 3.8) is 0 Å². The Morgan fingerprint density at radius 3 is 1.09 bits per heavy atom. The first kappa shape index (κ1) is 59.5. The molecule has 0 fully saturated rings. The van der Waals surface area contributed by atoms with Gasteiger partial charge in [-0.3, -0.25) is 14.2 Å². The molecule has 0 saturated carbocycles. The molecule has 0 heterocycles. The summed E-state index contributed by atoms with van der Waals surface area (Å²) < 4.78 is 84.4. The average molecular weight is 1130 g/mol. The molecule has 0 saturated heterocycles. The molecule has 0 aliphatic carbocycles. The summed E-state index contributed by atoms with van der Waals surface area (Å²) in [4.78, 5) is 33.2. The Kier molecular flexibility index (Phi) is 21.1. The predicted octanol–water partition coefficient (Wildman–Crippen LogP) is 10.6. The molecule has 0 bridgehead atoms. The number of rotatable bonds is 22. The van der Waals surface area contributed by atoms with Gasteiger partial charge in [-0.25, -0.2) is 39.6 Å². The molecule has 8 aromatic carbocycles. The number of anilines is 3. The Hall–Kier alpha value is -8.78. The Bertz CT molecular complexity index is 3670. The van der Waals surface area contributed by atoms with Crippen molar-refractivity contribution in [3.8, 4) is 5.75 Å². The third kappa shape index (κ3) is 20.3. The monoisotopic (exact) mass is 1130 g/mol. The van der Waals surface area contributed by atoms with Crippen LogP contribution in [0.15, 0.2) is 205 Å². The number of carboxylic acids is 3. The van der Waals surface area contributed by atoms with Crippen molar-refractivity contribution in [2.45, 2.75) is 49.2 Å². The van der Waals surface area contributed by atoms with E-state index in [2.05, 4.69) is 14.2 Å². The van der Waals surface area contributed by atoms with Crippen molar-refractivity contribution < 1.29 is 59.7 Å². The molecule has 8 rings (SSSR count). The normalized spacial score (nSPS) is 11.1. The zero-order chi connectivity index (χ0) is 57.0. The molecule has 0 aromatic heterocycles. The molecule has 19 heteroatoms. The topological polar surface area (TPSA) is 260 Å². The van der Waals surface area contributed by atoms with E-state index in [1.807, 2.05) is 72.8 Å². The summed E-state index contributed by atoms with van der Waals surface area (Å²) in [6, 6.07) is 57.3. The van der Waals surface area contributed by atoms with E-state index in [9.17, 15) is 39.6 Å². The second-order valence-corrected chi connectivity index (χ2v) is 23.3. The van der Waals surface area contributed by atoms with Crippen molar-refractivity contribution in [1.82, 2.24) is 0 Å². The lowest BCUT2D eigenvalue weighted by atomic mass is 10.0. The Morgan fingerprint density at radius 1 is 0.392 bits per heavy atom. The summed E-state index contributed by atoms with van der Waals surface area (Å²) >= 11 is 0. The largest absolute Gasteiger partial charge is 0.497 e. The standard InChI is InChI=1S/C22H21NO5S.C22H21NO4S.C16H17NO4S/c1-28-20-11-13-21(14-12-20)29(26,27)23-19-9-7-16(8-10-19)5-6-17-3-2-4-18(15-17)22(24)25;24-22(25)20-8-4-7-18(15-20)10-9-17-11-13-21(14-12-17)23-28(26,27)16-19-5-2-1-3-6-19;1-22(20,21)17-15-9-7-12(8-10-15)5-6-13-3-2-4-14(11-13)16(18)19/h2-4,7-15,23H,5-6H2,1H3,(H,24,25);1-8,11-15,23H,9-10,16H2,(H,24,25);2-4,7-11,17H,5-6H2,1H3,(H,18,19). The van der Waals surface area contributed by atoms with Crippen LogP contribution in [-0.2, 0) is 74.3 Å². The van der Waals surface area contributed by atoms with Gasteiger partial charge in [0.05, 0.1) is 40.7 Å². The number of sulfonamides is 3. The number of carboxylic acid groups (broad SMARTS) is 3. The molecule has 79 heavy (non-hydrogen) atoms. The number of nitrogens with one attached hydrogen (secondary N) is 3. The Morgan fingerprint density at radius 2 is 0.734 bits per heavy atom. The van der Waals surface area contributed by atoms with Gasteiger partial charge in [0.25, 0.3) is 10.0 Å². The summed E-state index contributed by atoms with van der Waals surface area (Å²) in [5.41, 5.74) is 9.06. The van der Waals surface area contributed by atoms with Gasteiger partial charge in [0.15, 0.2) is 0 Å². The van der Waals surface area contributed by atoms with Crippen LogP contribution in [-0.4, -0.2) is 71.8 Å². The first-order valence-electron chi connectivity index (χ1n) is 24.5. The number of hydrogen-bond acceptors (Lipinski definition) is 10. The van der Waals surface area contributed by atoms with E-state index in [1.165, 1.54) is 19.2 Å². The highest BCUT2D eigenvalue weighted by molar-refractivity contribution is 7.93. The van der Waals surface area contributed by atoms with Gasteiger partial charge in [0.1, 0.15) is 5.75 Å². The van der Waals surface area contributed by atoms with E-state index < -0.39 is 48.0 Å². The van der Waals surface area contributed by atoms with Crippen LogP contribution in [0.1, 0.15) is 70.0 Å². The fourth-order valence-electron chi connectivity index (χ4n) is 7.86. The van der Waals surface area contributed by atoms with Crippen molar-refractivity contribution in [2.75, 3.05) is 27.5 Å². The fourth-order valence-corrected chi connectivity index (χ4v) is 10.7. The summed E-state index contributed by atoms with van der Waals surface area (Å²) in [6.07, 6.45) is 5.44. The minimum Gasteiger partial charge on any atom is -0.497 e. The van der Waals surface area contributed by atoms with Crippen molar-refractivity contribution in [1.29, 1.82) is 0 Å². The zero-order valence-corrected chi connectivity index (χ0v) is 45.6.